The van der Waals surface area contributed by atoms with E-state index in [0.29, 0.717) is 19.1 Å². The smallest absolute Gasteiger partial charge is 0.308 e. The van der Waals surface area contributed by atoms with Gasteiger partial charge in [0.2, 0.25) is 0 Å². The first-order valence-corrected chi connectivity index (χ1v) is 7.06. The van der Waals surface area contributed by atoms with Crippen LogP contribution in [-0.4, -0.2) is 35.7 Å². The number of nitrogens with one attached hydrogen (secondary N) is 1. The normalized spacial score (nSPS) is 12.6. The van der Waals surface area contributed by atoms with Crippen molar-refractivity contribution < 1.29 is 13.2 Å². The van der Waals surface area contributed by atoms with E-state index in [4.69, 9.17) is 0 Å². The molecule has 0 radical (unpaired) electrons. The zero-order valence-corrected chi connectivity index (χ0v) is 12.2. The van der Waals surface area contributed by atoms with E-state index in [1.54, 1.807) is 11.9 Å². The Morgan fingerprint density at radius 1 is 1.42 bits per heavy atom. The Morgan fingerprint density at radius 2 is 2.11 bits per heavy atom. The van der Waals surface area contributed by atoms with Gasteiger partial charge in [-0.05, 0) is 7.05 Å². The van der Waals surface area contributed by atoms with Gasteiger partial charge in [-0.1, -0.05) is 13.8 Å². The molecule has 1 heterocycles. The van der Waals surface area contributed by atoms with E-state index < -0.39 is 12.6 Å². The van der Waals surface area contributed by atoms with Gasteiger partial charge in [-0.2, -0.15) is 13.2 Å². The van der Waals surface area contributed by atoms with Crippen LogP contribution >= 0.6 is 11.3 Å². The molecule has 3 nitrogen and oxygen atoms in total. The molecule has 0 amide bonds. The first-order valence-electron chi connectivity index (χ1n) is 6.18. The molecular formula is C12H20F3N3S. The standard InChI is InChI=1S/C12H20F3N3S/c1-9(2)16-6-11-17-10(8-19-11)7-18(3)5-4-12(13,14)15/h8-9,16H,4-7H2,1-3H3. The van der Waals surface area contributed by atoms with Crippen molar-refractivity contribution in [1.29, 1.82) is 0 Å². The number of thiazole rings is 1. The Labute approximate surface area is 115 Å². The molecule has 0 atom stereocenters. The first-order chi connectivity index (χ1) is 8.76. The summed E-state index contributed by atoms with van der Waals surface area (Å²) in [6, 6.07) is 0.391. The van der Waals surface area contributed by atoms with Crippen molar-refractivity contribution in [2.24, 2.45) is 0 Å². The number of hydrogen-bond donors (Lipinski definition) is 1. The Hall–Kier alpha value is -0.660. The zero-order valence-electron chi connectivity index (χ0n) is 11.4. The molecule has 0 saturated heterocycles. The molecule has 0 spiro atoms. The van der Waals surface area contributed by atoms with Crippen molar-refractivity contribution in [1.82, 2.24) is 15.2 Å². The van der Waals surface area contributed by atoms with E-state index in [1.165, 1.54) is 11.3 Å². The lowest BCUT2D eigenvalue weighted by Gasteiger charge is -2.16. The summed E-state index contributed by atoms with van der Waals surface area (Å²) in [5.41, 5.74) is 0.829. The maximum atomic E-state index is 12.1. The highest BCUT2D eigenvalue weighted by Crippen LogP contribution is 2.20. The predicted octanol–water partition coefficient (Wildman–Crippen LogP) is 3.03. The number of hydrogen-bond acceptors (Lipinski definition) is 4. The largest absolute Gasteiger partial charge is 0.390 e. The van der Waals surface area contributed by atoms with E-state index in [-0.39, 0.29) is 6.54 Å². The minimum atomic E-state index is -4.09. The number of nitrogens with zero attached hydrogens (tertiary/aromatic N) is 2. The molecule has 0 bridgehead atoms. The van der Waals surface area contributed by atoms with E-state index >= 15 is 0 Å². The van der Waals surface area contributed by atoms with Gasteiger partial charge >= 0.3 is 6.18 Å². The average Bonchev–Trinajstić information content (AvgIpc) is 2.70. The highest BCUT2D eigenvalue weighted by molar-refractivity contribution is 7.09. The van der Waals surface area contributed by atoms with Crippen molar-refractivity contribution in [3.05, 3.63) is 16.1 Å². The van der Waals surface area contributed by atoms with Crippen molar-refractivity contribution in [2.45, 2.75) is 45.6 Å². The van der Waals surface area contributed by atoms with Gasteiger partial charge in [0.25, 0.3) is 0 Å². The second-order valence-corrected chi connectivity index (χ2v) is 5.81. The quantitative estimate of drug-likeness (QED) is 0.838. The van der Waals surface area contributed by atoms with Crippen LogP contribution in [-0.2, 0) is 13.1 Å². The third-order valence-corrected chi connectivity index (χ3v) is 3.37. The maximum Gasteiger partial charge on any atom is 0.390 e. The van der Waals surface area contributed by atoms with Crippen LogP contribution in [0.2, 0.25) is 0 Å². The van der Waals surface area contributed by atoms with Gasteiger partial charge in [0.1, 0.15) is 5.01 Å². The molecule has 0 aliphatic carbocycles. The molecular weight excluding hydrogens is 275 g/mol. The van der Waals surface area contributed by atoms with E-state index in [2.05, 4.69) is 24.1 Å². The molecule has 1 rings (SSSR count). The van der Waals surface area contributed by atoms with Crippen molar-refractivity contribution in [2.75, 3.05) is 13.6 Å². The molecule has 0 aromatic carbocycles. The molecule has 1 aromatic rings. The van der Waals surface area contributed by atoms with Crippen LogP contribution in [0.3, 0.4) is 0 Å². The van der Waals surface area contributed by atoms with Crippen LogP contribution in [0.25, 0.3) is 0 Å². The van der Waals surface area contributed by atoms with Crippen molar-refractivity contribution >= 4 is 11.3 Å². The van der Waals surface area contributed by atoms with E-state index in [9.17, 15) is 13.2 Å². The van der Waals surface area contributed by atoms with Gasteiger partial charge < -0.3 is 10.2 Å². The van der Waals surface area contributed by atoms with Crippen LogP contribution in [0.5, 0.6) is 0 Å². The lowest BCUT2D eigenvalue weighted by atomic mass is 10.3. The SMILES string of the molecule is CC(C)NCc1nc(CN(C)CCC(F)(F)F)cs1. The fourth-order valence-corrected chi connectivity index (χ4v) is 2.20. The van der Waals surface area contributed by atoms with Crippen LogP contribution < -0.4 is 5.32 Å². The van der Waals surface area contributed by atoms with Crippen LogP contribution in [0.4, 0.5) is 13.2 Å². The van der Waals surface area contributed by atoms with E-state index in [0.717, 1.165) is 10.7 Å². The van der Waals surface area contributed by atoms with Gasteiger partial charge in [-0.3, -0.25) is 0 Å². The Balaban J connectivity index is 2.36. The summed E-state index contributed by atoms with van der Waals surface area (Å²) in [5.74, 6) is 0. The van der Waals surface area contributed by atoms with Crippen LogP contribution in [0, 0.1) is 0 Å². The molecule has 0 unspecified atom stereocenters. The minimum absolute atomic E-state index is 0.000599. The lowest BCUT2D eigenvalue weighted by Crippen LogP contribution is -2.24. The molecule has 1 N–H and O–H groups in total. The summed E-state index contributed by atoms with van der Waals surface area (Å²) in [4.78, 5) is 6.04. The second kappa shape index (κ2) is 7.21. The van der Waals surface area contributed by atoms with Gasteiger partial charge in [-0.15, -0.1) is 11.3 Å². The van der Waals surface area contributed by atoms with Crippen LogP contribution in [0.15, 0.2) is 5.38 Å². The third-order valence-electron chi connectivity index (χ3n) is 2.47. The Bertz CT molecular complexity index is 377. The summed E-state index contributed by atoms with van der Waals surface area (Å²) >= 11 is 1.53. The fraction of sp³-hybridized carbons (Fsp3) is 0.750. The zero-order chi connectivity index (χ0) is 14.5. The summed E-state index contributed by atoms with van der Waals surface area (Å²) in [6.45, 7) is 5.27. The first kappa shape index (κ1) is 16.4. The minimum Gasteiger partial charge on any atom is -0.308 e. The maximum absolute atomic E-state index is 12.1. The number of halogens is 3. The van der Waals surface area contributed by atoms with Crippen molar-refractivity contribution in [3.8, 4) is 0 Å². The molecule has 110 valence electrons. The molecule has 19 heavy (non-hydrogen) atoms. The summed E-state index contributed by atoms with van der Waals surface area (Å²) in [7, 11) is 1.68. The molecule has 0 saturated carbocycles. The van der Waals surface area contributed by atoms with Gasteiger partial charge in [0, 0.05) is 31.1 Å². The lowest BCUT2D eigenvalue weighted by molar-refractivity contribution is -0.137. The van der Waals surface area contributed by atoms with Crippen LogP contribution in [0.1, 0.15) is 31.0 Å². The third kappa shape index (κ3) is 7.49. The number of alkyl halides is 3. The highest BCUT2D eigenvalue weighted by Gasteiger charge is 2.27. The summed E-state index contributed by atoms with van der Waals surface area (Å²) < 4.78 is 36.3. The van der Waals surface area contributed by atoms with E-state index in [1.807, 2.05) is 5.38 Å². The van der Waals surface area contributed by atoms with Gasteiger partial charge in [-0.25, -0.2) is 4.98 Å². The van der Waals surface area contributed by atoms with Gasteiger partial charge in [0.15, 0.2) is 0 Å². The number of aromatic nitrogens is 1. The Kier molecular flexibility index (Phi) is 6.22. The molecule has 0 aliphatic rings. The molecule has 0 aliphatic heterocycles. The van der Waals surface area contributed by atoms with Gasteiger partial charge in [0.05, 0.1) is 12.1 Å². The Morgan fingerprint density at radius 3 is 2.68 bits per heavy atom. The fourth-order valence-electron chi connectivity index (χ4n) is 1.47. The average molecular weight is 295 g/mol. The number of rotatable bonds is 7. The monoisotopic (exact) mass is 295 g/mol. The molecule has 1 aromatic heterocycles. The molecule has 7 heteroatoms. The summed E-state index contributed by atoms with van der Waals surface area (Å²) in [5, 5.41) is 6.13. The van der Waals surface area contributed by atoms with Crippen molar-refractivity contribution in [3.63, 3.8) is 0 Å². The summed E-state index contributed by atoms with van der Waals surface area (Å²) in [6.07, 6.45) is -4.88. The molecule has 0 fully saturated rings. The predicted molar refractivity (Wildman–Crippen MR) is 71.1 cm³/mol. The highest BCUT2D eigenvalue weighted by atomic mass is 32.1. The topological polar surface area (TPSA) is 28.2 Å². The second-order valence-electron chi connectivity index (χ2n) is 4.87.